The highest BCUT2D eigenvalue weighted by atomic mass is 16.3. The molecule has 0 rings (SSSR count). The molecule has 0 spiro atoms. The van der Waals surface area contributed by atoms with Crippen molar-refractivity contribution in [1.82, 2.24) is 0 Å². The second-order valence-corrected chi connectivity index (χ2v) is 7.57. The number of amides is 1. The van der Waals surface area contributed by atoms with Crippen LogP contribution in [0.3, 0.4) is 0 Å². The van der Waals surface area contributed by atoms with Gasteiger partial charge in [-0.15, -0.1) is 0 Å². The predicted molar refractivity (Wildman–Crippen MR) is 110 cm³/mol. The largest absolute Gasteiger partial charge is 0.396 e. The first-order chi connectivity index (χ1) is 12.6. The smallest absolute Gasteiger partial charge is 0.223 e. The van der Waals surface area contributed by atoms with Gasteiger partial charge in [-0.05, 0) is 44.9 Å². The minimum atomic E-state index is -0.736. The molecular weight excluding hydrogens is 326 g/mol. The second-order valence-electron chi connectivity index (χ2n) is 7.57. The molecule has 0 aliphatic rings. The molecule has 0 bridgehead atoms. The summed E-state index contributed by atoms with van der Waals surface area (Å²) in [5.41, 5.74) is 4.79. The molecule has 4 heteroatoms. The second kappa shape index (κ2) is 17.5. The van der Waals surface area contributed by atoms with Gasteiger partial charge in [0.25, 0.3) is 0 Å². The third kappa shape index (κ3) is 12.5. The zero-order chi connectivity index (χ0) is 19.5. The number of aliphatic hydroxyl groups is 2. The summed E-state index contributed by atoms with van der Waals surface area (Å²) in [4.78, 5) is 11.8. The van der Waals surface area contributed by atoms with Gasteiger partial charge in [0.1, 0.15) is 0 Å². The quantitative estimate of drug-likeness (QED) is 0.224. The highest BCUT2D eigenvalue weighted by molar-refractivity contribution is 5.80. The number of primary amides is 1. The number of allylic oxidation sites excluding steroid dienone is 2. The van der Waals surface area contributed by atoms with Crippen molar-refractivity contribution in [2.24, 2.45) is 11.1 Å². The lowest BCUT2D eigenvalue weighted by molar-refractivity contribution is -0.130. The van der Waals surface area contributed by atoms with Gasteiger partial charge in [-0.1, -0.05) is 70.4 Å². The maximum atomic E-state index is 11.8. The Hall–Kier alpha value is -0.870. The molecule has 4 nitrogen and oxygen atoms in total. The van der Waals surface area contributed by atoms with Crippen molar-refractivity contribution < 1.29 is 15.0 Å². The van der Waals surface area contributed by atoms with Gasteiger partial charge in [-0.3, -0.25) is 4.79 Å². The Labute approximate surface area is 161 Å². The Balaban J connectivity index is 3.69. The van der Waals surface area contributed by atoms with Gasteiger partial charge in [0.05, 0.1) is 5.41 Å². The molecule has 0 radical (unpaired) electrons. The molecule has 0 aliphatic carbocycles. The van der Waals surface area contributed by atoms with Crippen molar-refractivity contribution in [2.75, 3.05) is 13.2 Å². The lowest BCUT2D eigenvalue weighted by Gasteiger charge is -2.29. The van der Waals surface area contributed by atoms with E-state index in [-0.39, 0.29) is 13.2 Å². The van der Waals surface area contributed by atoms with Crippen LogP contribution in [0.1, 0.15) is 103 Å². The fourth-order valence-electron chi connectivity index (χ4n) is 3.53. The van der Waals surface area contributed by atoms with Crippen molar-refractivity contribution in [3.63, 3.8) is 0 Å². The average Bonchev–Trinajstić information content (AvgIpc) is 2.62. The maximum absolute atomic E-state index is 11.8. The fourth-order valence-corrected chi connectivity index (χ4v) is 3.53. The Morgan fingerprint density at radius 1 is 0.769 bits per heavy atom. The van der Waals surface area contributed by atoms with Crippen LogP contribution in [-0.2, 0) is 4.79 Å². The van der Waals surface area contributed by atoms with Crippen LogP contribution < -0.4 is 5.73 Å². The molecule has 0 aromatic carbocycles. The van der Waals surface area contributed by atoms with Crippen LogP contribution in [0.15, 0.2) is 12.2 Å². The number of rotatable bonds is 19. The van der Waals surface area contributed by atoms with Crippen molar-refractivity contribution in [1.29, 1.82) is 0 Å². The third-order valence-corrected chi connectivity index (χ3v) is 5.37. The van der Waals surface area contributed by atoms with Crippen LogP contribution in [0, 0.1) is 5.41 Å². The first-order valence-corrected chi connectivity index (χ1v) is 10.8. The predicted octanol–water partition coefficient (Wildman–Crippen LogP) is 4.87. The van der Waals surface area contributed by atoms with Crippen LogP contribution in [0.5, 0.6) is 0 Å². The Morgan fingerprint density at radius 2 is 1.23 bits per heavy atom. The topological polar surface area (TPSA) is 83.6 Å². The number of hydrogen-bond acceptors (Lipinski definition) is 3. The normalized spacial score (nSPS) is 12.1. The molecule has 4 N–H and O–H groups in total. The summed E-state index contributed by atoms with van der Waals surface area (Å²) < 4.78 is 0. The van der Waals surface area contributed by atoms with E-state index in [4.69, 9.17) is 5.73 Å². The molecule has 0 saturated heterocycles. The summed E-state index contributed by atoms with van der Waals surface area (Å²) in [6.07, 6.45) is 20.7. The van der Waals surface area contributed by atoms with E-state index >= 15 is 0 Å². The molecule has 26 heavy (non-hydrogen) atoms. The molecule has 0 atom stereocenters. The maximum Gasteiger partial charge on any atom is 0.223 e. The van der Waals surface area contributed by atoms with Crippen LogP contribution in [0.4, 0.5) is 0 Å². The average molecular weight is 370 g/mol. The Bertz CT molecular complexity index is 349. The van der Waals surface area contributed by atoms with Crippen LogP contribution >= 0.6 is 0 Å². The zero-order valence-electron chi connectivity index (χ0n) is 17.1. The highest BCUT2D eigenvalue weighted by Gasteiger charge is 2.34. The van der Waals surface area contributed by atoms with Gasteiger partial charge in [0, 0.05) is 13.2 Å². The van der Waals surface area contributed by atoms with Crippen molar-refractivity contribution in [2.45, 2.75) is 103 Å². The van der Waals surface area contributed by atoms with E-state index < -0.39 is 11.3 Å². The van der Waals surface area contributed by atoms with E-state index in [1.807, 2.05) is 0 Å². The summed E-state index contributed by atoms with van der Waals surface area (Å²) in [5.74, 6) is -0.391. The van der Waals surface area contributed by atoms with Crippen molar-refractivity contribution in [3.05, 3.63) is 12.2 Å². The molecule has 0 aliphatic heterocycles. The zero-order valence-corrected chi connectivity index (χ0v) is 17.1. The molecule has 0 fully saturated rings. The first kappa shape index (κ1) is 25.1. The number of unbranched alkanes of at least 4 members (excludes halogenated alkanes) is 10. The van der Waals surface area contributed by atoms with Crippen LogP contribution in [0.2, 0.25) is 0 Å². The molecule has 1 amide bonds. The number of carbonyl (C=O) groups excluding carboxylic acids is 1. The Kier molecular flexibility index (Phi) is 17.0. The molecule has 0 unspecified atom stereocenters. The van der Waals surface area contributed by atoms with E-state index in [0.29, 0.717) is 19.3 Å². The molecule has 0 saturated carbocycles. The summed E-state index contributed by atoms with van der Waals surface area (Å²) in [6.45, 7) is 2.12. The lowest BCUT2D eigenvalue weighted by Crippen LogP contribution is -2.39. The lowest BCUT2D eigenvalue weighted by atomic mass is 9.76. The first-order valence-electron chi connectivity index (χ1n) is 10.8. The fraction of sp³-hybridized carbons (Fsp3) is 0.864. The number of aliphatic hydroxyl groups excluding tert-OH is 2. The highest BCUT2D eigenvalue weighted by Crippen LogP contribution is 2.32. The van der Waals surface area contributed by atoms with E-state index in [9.17, 15) is 15.0 Å². The standard InChI is InChI=1S/C22H43NO3/c1-2-3-4-5-6-7-8-9-10-11-12-13-14-15-16-22(17-19-24,18-20-25)21(23)26/h9-10,24-25H,2-8,11-20H2,1H3,(H2,23,26). The third-order valence-electron chi connectivity index (χ3n) is 5.37. The van der Waals surface area contributed by atoms with Gasteiger partial charge >= 0.3 is 0 Å². The van der Waals surface area contributed by atoms with Gasteiger partial charge < -0.3 is 15.9 Å². The molecular formula is C22H43NO3. The molecule has 154 valence electrons. The molecule has 0 aromatic rings. The summed E-state index contributed by atoms with van der Waals surface area (Å²) in [7, 11) is 0. The van der Waals surface area contributed by atoms with Crippen LogP contribution in [0.25, 0.3) is 0 Å². The number of hydrogen-bond donors (Lipinski definition) is 3. The molecule has 0 heterocycles. The van der Waals surface area contributed by atoms with E-state index in [0.717, 1.165) is 25.7 Å². The van der Waals surface area contributed by atoms with E-state index in [1.54, 1.807) is 0 Å². The van der Waals surface area contributed by atoms with E-state index in [2.05, 4.69) is 19.1 Å². The monoisotopic (exact) mass is 369 g/mol. The summed E-state index contributed by atoms with van der Waals surface area (Å²) in [5, 5.41) is 18.4. The summed E-state index contributed by atoms with van der Waals surface area (Å²) in [6, 6.07) is 0. The summed E-state index contributed by atoms with van der Waals surface area (Å²) >= 11 is 0. The minimum absolute atomic E-state index is 0.0632. The van der Waals surface area contributed by atoms with Gasteiger partial charge in [-0.25, -0.2) is 0 Å². The molecule has 0 aromatic heterocycles. The Morgan fingerprint density at radius 3 is 1.69 bits per heavy atom. The van der Waals surface area contributed by atoms with Gasteiger partial charge in [0.15, 0.2) is 0 Å². The minimum Gasteiger partial charge on any atom is -0.396 e. The van der Waals surface area contributed by atoms with Crippen LogP contribution in [-0.4, -0.2) is 29.3 Å². The number of carbonyl (C=O) groups is 1. The van der Waals surface area contributed by atoms with Crippen molar-refractivity contribution >= 4 is 5.91 Å². The SMILES string of the molecule is CCCCCCCCC=CCCCCCCC(CCO)(CCO)C(N)=O. The van der Waals surface area contributed by atoms with Crippen molar-refractivity contribution in [3.8, 4) is 0 Å². The van der Waals surface area contributed by atoms with Gasteiger partial charge in [-0.2, -0.15) is 0 Å². The number of nitrogens with two attached hydrogens (primary N) is 1. The van der Waals surface area contributed by atoms with Gasteiger partial charge in [0.2, 0.25) is 5.91 Å². The van der Waals surface area contributed by atoms with E-state index in [1.165, 1.54) is 51.4 Å².